The van der Waals surface area contributed by atoms with Crippen molar-refractivity contribution in [2.45, 2.75) is 89.3 Å². The molecule has 4 aromatic heterocycles. The van der Waals surface area contributed by atoms with E-state index in [1.807, 2.05) is 26.0 Å². The molecule has 0 bridgehead atoms. The molecule has 1 aliphatic heterocycles. The summed E-state index contributed by atoms with van der Waals surface area (Å²) in [5.41, 5.74) is 9.93. The van der Waals surface area contributed by atoms with Crippen LogP contribution in [0.4, 0.5) is 11.9 Å². The number of rotatable bonds is 24. The lowest BCUT2D eigenvalue weighted by atomic mass is 10.2. The van der Waals surface area contributed by atoms with Crippen molar-refractivity contribution in [3.8, 4) is 5.75 Å². The Morgan fingerprint density at radius 3 is 2.18 bits per heavy atom. The zero-order valence-electron chi connectivity index (χ0n) is 41.1. The molecule has 0 spiro atoms. The average molecular weight is 1040 g/mol. The van der Waals surface area contributed by atoms with Gasteiger partial charge < -0.3 is 29.6 Å². The second-order valence-corrected chi connectivity index (χ2v) is 19.5. The van der Waals surface area contributed by atoms with Crippen LogP contribution in [0.1, 0.15) is 75.8 Å². The number of hydrogen-bond donors (Lipinski definition) is 5. The minimum atomic E-state index is -1.78. The maximum absolute atomic E-state index is 13.9. The van der Waals surface area contributed by atoms with Crippen LogP contribution in [0.2, 0.25) is 0 Å². The third-order valence-corrected chi connectivity index (χ3v) is 14.0. The lowest BCUT2D eigenvalue weighted by Gasteiger charge is -2.20. The summed E-state index contributed by atoms with van der Waals surface area (Å²) in [7, 11) is -0.171. The van der Waals surface area contributed by atoms with Gasteiger partial charge in [0.25, 0.3) is 11.8 Å². The number of aliphatic hydroxyl groups is 1. The highest BCUT2D eigenvalue weighted by molar-refractivity contribution is 8.00. The molecule has 25 heteroatoms. The summed E-state index contributed by atoms with van der Waals surface area (Å²) in [6.45, 7) is 12.2. The van der Waals surface area contributed by atoms with Gasteiger partial charge in [-0.05, 0) is 76.6 Å². The molecule has 0 aliphatic carbocycles. The normalized spacial score (nSPS) is 14.6. The molecular formula is C48H58N14O9S2. The Morgan fingerprint density at radius 1 is 0.959 bits per heavy atom. The number of aldehydes is 1. The van der Waals surface area contributed by atoms with Crippen molar-refractivity contribution in [2.75, 3.05) is 43.1 Å². The van der Waals surface area contributed by atoms with E-state index in [-0.39, 0.29) is 92.2 Å². The first-order valence-corrected chi connectivity index (χ1v) is 25.7. The molecule has 0 saturated carbocycles. The van der Waals surface area contributed by atoms with Crippen molar-refractivity contribution in [3.05, 3.63) is 95.3 Å². The minimum absolute atomic E-state index is 0.0258. The summed E-state index contributed by atoms with van der Waals surface area (Å²) < 4.78 is 25.2. The molecule has 2 aromatic carbocycles. The standard InChI is InChI=1S/C48H58N14O9S2/c1-7-61-37(20-28(3)55-61)44(67)53-47-51-34-24-32(73(50)70)12-13-36(34)58(47)16-9-10-17-60-43-35(52-48(60)54-45(68)38-21-29(4)56-62(38)8-2)22-31(26-63)23-39(43)71-19-11-15-57(6)41(65)14-18-59-42(66)25-40(46(59)69)72-27-33(49)30(5)64/h9-10,12-13,20-24,26,33,40,64H,5,7-8,11,14-19,25,27,49-50H2,1-4,6H3,(H,51,53,67)(H,52,54,68)/b10-9+/t33-,40?,73?/m0/s1. The topological polar surface area (TPSA) is 303 Å². The van der Waals surface area contributed by atoms with E-state index >= 15 is 0 Å². The number of carbonyl (C=O) groups excluding carboxylic acids is 6. The third kappa shape index (κ3) is 12.2. The van der Waals surface area contributed by atoms with Gasteiger partial charge in [0.2, 0.25) is 29.6 Å². The summed E-state index contributed by atoms with van der Waals surface area (Å²) in [6, 6.07) is 10.7. The van der Waals surface area contributed by atoms with E-state index in [0.29, 0.717) is 75.5 Å². The van der Waals surface area contributed by atoms with Gasteiger partial charge in [-0.15, -0.1) is 11.8 Å². The molecular weight excluding hydrogens is 981 g/mol. The fourth-order valence-electron chi connectivity index (χ4n) is 8.19. The van der Waals surface area contributed by atoms with Crippen LogP contribution >= 0.6 is 11.8 Å². The van der Waals surface area contributed by atoms with Crippen LogP contribution in [0.3, 0.4) is 0 Å². The molecule has 6 aromatic rings. The number of likely N-dealkylation sites (tertiary alicyclic amines) is 1. The van der Waals surface area contributed by atoms with Gasteiger partial charge in [-0.3, -0.25) is 53.7 Å². The van der Waals surface area contributed by atoms with Crippen molar-refractivity contribution < 1.29 is 42.8 Å². The van der Waals surface area contributed by atoms with Gasteiger partial charge in [0.15, 0.2) is 0 Å². The Hall–Kier alpha value is -7.48. The summed E-state index contributed by atoms with van der Waals surface area (Å²) >= 11 is 1.16. The fraction of sp³-hybridized carbons (Fsp3) is 0.375. The van der Waals surface area contributed by atoms with Gasteiger partial charge in [0, 0.05) is 70.5 Å². The molecule has 386 valence electrons. The Balaban J connectivity index is 1.10. The number of aliphatic hydroxyl groups excluding tert-OH is 1. The minimum Gasteiger partial charge on any atom is -0.511 e. The van der Waals surface area contributed by atoms with Crippen molar-refractivity contribution >= 4 is 92.5 Å². The molecule has 1 aliphatic rings. The van der Waals surface area contributed by atoms with Gasteiger partial charge in [-0.1, -0.05) is 18.7 Å². The number of thioether (sulfide) groups is 1. The number of carbonyl (C=O) groups is 6. The average Bonchev–Trinajstić information content (AvgIpc) is 4.17. The highest BCUT2D eigenvalue weighted by atomic mass is 32.2. The number of imidazole rings is 2. The van der Waals surface area contributed by atoms with Gasteiger partial charge in [0.1, 0.15) is 45.7 Å². The predicted octanol–water partition coefficient (Wildman–Crippen LogP) is 3.87. The zero-order valence-corrected chi connectivity index (χ0v) is 42.7. The molecule has 23 nitrogen and oxygen atoms in total. The number of hydrogen-bond acceptors (Lipinski definition) is 15. The Morgan fingerprint density at radius 2 is 1.58 bits per heavy atom. The smallest absolute Gasteiger partial charge is 0.276 e. The molecule has 7 rings (SSSR count). The Labute approximate surface area is 426 Å². The van der Waals surface area contributed by atoms with Crippen LogP contribution < -0.4 is 26.2 Å². The van der Waals surface area contributed by atoms with E-state index in [1.165, 1.54) is 4.90 Å². The second kappa shape index (κ2) is 23.4. The first-order valence-electron chi connectivity index (χ1n) is 23.4. The lowest BCUT2D eigenvalue weighted by molar-refractivity contribution is -0.139. The zero-order chi connectivity index (χ0) is 52.7. The molecule has 7 N–H and O–H groups in total. The number of ether oxygens (including phenoxy) is 1. The number of aryl methyl sites for hydroxylation is 4. The molecule has 5 amide bonds. The molecule has 1 saturated heterocycles. The highest BCUT2D eigenvalue weighted by Crippen LogP contribution is 2.32. The summed E-state index contributed by atoms with van der Waals surface area (Å²) in [5.74, 6) is -1.34. The van der Waals surface area contributed by atoms with Crippen LogP contribution in [0, 0.1) is 13.8 Å². The number of nitrogens with one attached hydrogen (secondary N) is 2. The van der Waals surface area contributed by atoms with E-state index in [2.05, 4.69) is 32.4 Å². The van der Waals surface area contributed by atoms with E-state index in [9.17, 15) is 38.1 Å². The monoisotopic (exact) mass is 1040 g/mol. The van der Waals surface area contributed by atoms with Crippen molar-refractivity contribution in [3.63, 3.8) is 0 Å². The van der Waals surface area contributed by atoms with Crippen LogP contribution in [0.25, 0.3) is 22.1 Å². The number of amides is 5. The van der Waals surface area contributed by atoms with Gasteiger partial charge >= 0.3 is 0 Å². The summed E-state index contributed by atoms with van der Waals surface area (Å²) in [6.07, 6.45) is 4.57. The number of nitrogens with two attached hydrogens (primary N) is 2. The van der Waals surface area contributed by atoms with Crippen LogP contribution in [-0.2, 0) is 51.5 Å². The number of imide groups is 1. The van der Waals surface area contributed by atoms with Crippen LogP contribution in [0.5, 0.6) is 5.75 Å². The predicted molar refractivity (Wildman–Crippen MR) is 275 cm³/mol. The van der Waals surface area contributed by atoms with E-state index in [4.69, 9.17) is 20.6 Å². The number of nitrogens with zero attached hydrogens (tertiary/aromatic N) is 10. The maximum atomic E-state index is 13.9. The van der Waals surface area contributed by atoms with E-state index in [1.54, 1.807) is 81.9 Å². The van der Waals surface area contributed by atoms with E-state index < -0.39 is 40.0 Å². The molecule has 5 heterocycles. The van der Waals surface area contributed by atoms with Crippen molar-refractivity contribution in [1.29, 1.82) is 0 Å². The van der Waals surface area contributed by atoms with Crippen LogP contribution in [-0.4, -0.2) is 137 Å². The third-order valence-electron chi connectivity index (χ3n) is 12.0. The number of anilines is 2. The van der Waals surface area contributed by atoms with Gasteiger partial charge in [0.05, 0.1) is 50.7 Å². The summed E-state index contributed by atoms with van der Waals surface area (Å²) in [5, 5.41) is 29.2. The lowest BCUT2D eigenvalue weighted by Crippen LogP contribution is -2.37. The van der Waals surface area contributed by atoms with Gasteiger partial charge in [-0.25, -0.2) is 19.3 Å². The molecule has 1 fully saturated rings. The number of benzene rings is 2. The number of aromatic nitrogens is 8. The Bertz CT molecular complexity index is 3170. The SMILES string of the molecule is C=C(O)[C@@H](N)CSC1CC(=O)N(CCC(=O)N(C)CCCOc2cc(C=O)cc3nc(NC(=O)c4cc(C)nn4CC)n(C/C=C/Cn4c(NC(=O)c5cc(C)nn5CC)nc5cc(S(N)=O)ccc54)c23)C1=O. The molecule has 0 radical (unpaired) electrons. The quantitative estimate of drug-likeness (QED) is 0.0189. The molecule has 3 atom stereocenters. The van der Waals surface area contributed by atoms with Crippen LogP contribution in [0.15, 0.2) is 71.9 Å². The number of allylic oxidation sites excluding steroid dienone is 2. The maximum Gasteiger partial charge on any atom is 0.276 e. The highest BCUT2D eigenvalue weighted by Gasteiger charge is 2.39. The first kappa shape index (κ1) is 53.3. The molecule has 73 heavy (non-hydrogen) atoms. The second-order valence-electron chi connectivity index (χ2n) is 17.2. The van der Waals surface area contributed by atoms with Crippen molar-refractivity contribution in [2.24, 2.45) is 10.9 Å². The Kier molecular flexibility index (Phi) is 17.1. The summed E-state index contributed by atoms with van der Waals surface area (Å²) in [4.78, 5) is 90.9. The van der Waals surface area contributed by atoms with Gasteiger partial charge in [-0.2, -0.15) is 10.2 Å². The first-order chi connectivity index (χ1) is 34.9. The van der Waals surface area contributed by atoms with Crippen molar-refractivity contribution in [1.82, 2.24) is 48.5 Å². The van der Waals surface area contributed by atoms with E-state index in [0.717, 1.165) is 16.7 Å². The number of fused-ring (bicyclic) bond motifs is 2. The molecule has 2 unspecified atom stereocenters. The largest absolute Gasteiger partial charge is 0.511 e. The fourth-order valence-corrected chi connectivity index (χ4v) is 9.78.